The van der Waals surface area contributed by atoms with Crippen LogP contribution in [0.3, 0.4) is 0 Å². The Morgan fingerprint density at radius 1 is 1.24 bits per heavy atom. The molecule has 7 nitrogen and oxygen atoms in total. The Kier molecular flexibility index (Phi) is 7.13. The first-order chi connectivity index (χ1) is 7.68. The Bertz CT molecular complexity index is 366. The molecule has 0 spiro atoms. The van der Waals surface area contributed by atoms with Crippen LogP contribution in [0.4, 0.5) is 0 Å². The summed E-state index contributed by atoms with van der Waals surface area (Å²) in [5.74, 6) is 0. The van der Waals surface area contributed by atoms with E-state index in [0.29, 0.717) is 0 Å². The smallest absolute Gasteiger partial charge is 0.302 e. The summed E-state index contributed by atoms with van der Waals surface area (Å²) in [6.07, 6.45) is 2.81. The van der Waals surface area contributed by atoms with Gasteiger partial charge in [-0.05, 0) is 13.8 Å². The van der Waals surface area contributed by atoms with Crippen LogP contribution in [0, 0.1) is 0 Å². The van der Waals surface area contributed by atoms with Crippen LogP contribution in [0.5, 0.6) is 0 Å². The highest BCUT2D eigenvalue weighted by Gasteiger charge is 2.35. The molecule has 0 saturated carbocycles. The number of hydrogen-bond acceptors (Lipinski definition) is 5. The highest BCUT2D eigenvalue weighted by Crippen LogP contribution is 2.61. The van der Waals surface area contributed by atoms with Crippen molar-refractivity contribution in [3.63, 3.8) is 0 Å². The first kappa shape index (κ1) is 16.7. The van der Waals surface area contributed by atoms with E-state index in [1.165, 1.54) is 6.08 Å². The molecule has 2 N–H and O–H groups in total. The number of phosphoric ester groups is 1. The third-order valence-electron chi connectivity index (χ3n) is 1.28. The van der Waals surface area contributed by atoms with Gasteiger partial charge in [-0.15, -0.1) is 6.58 Å². The van der Waals surface area contributed by atoms with E-state index >= 15 is 0 Å². The van der Waals surface area contributed by atoms with E-state index in [-0.39, 0.29) is 13.2 Å². The van der Waals surface area contributed by atoms with Crippen molar-refractivity contribution < 1.29 is 32.3 Å². The minimum atomic E-state index is -4.96. The van der Waals surface area contributed by atoms with Crippen molar-refractivity contribution in [3.8, 4) is 0 Å². The molecule has 9 heteroatoms. The molecule has 100 valence electrons. The molecule has 1 atom stereocenters. The second kappa shape index (κ2) is 7.24. The zero-order valence-electron chi connectivity index (χ0n) is 9.61. The molecule has 0 fully saturated rings. The van der Waals surface area contributed by atoms with Crippen LogP contribution < -0.4 is 0 Å². The monoisotopic (exact) mass is 286 g/mol. The normalized spacial score (nSPS) is 15.1. The topological polar surface area (TPSA) is 102 Å². The van der Waals surface area contributed by atoms with E-state index in [9.17, 15) is 9.13 Å². The van der Waals surface area contributed by atoms with Crippen molar-refractivity contribution in [2.24, 2.45) is 0 Å². The van der Waals surface area contributed by atoms with Crippen molar-refractivity contribution >= 4 is 15.6 Å². The minimum Gasteiger partial charge on any atom is -0.302 e. The Hall–Kier alpha value is -0.260. The Labute approximate surface area is 99.9 Å². The standard InChI is InChI=1S/C8H16O7P2/c1-4-6-13-17(12,15-16(9,10)11)14-7-5-8(2)3/h4-5H,1,6-7H2,2-3H3,(H2,9,10,11). The summed E-state index contributed by atoms with van der Waals surface area (Å²) in [6, 6.07) is 0. The molecule has 17 heavy (non-hydrogen) atoms. The highest BCUT2D eigenvalue weighted by atomic mass is 31.3. The van der Waals surface area contributed by atoms with E-state index in [1.54, 1.807) is 19.9 Å². The third-order valence-corrected chi connectivity index (χ3v) is 3.86. The maximum absolute atomic E-state index is 11.7. The summed E-state index contributed by atoms with van der Waals surface area (Å²) in [5, 5.41) is 0. The minimum absolute atomic E-state index is 0.142. The van der Waals surface area contributed by atoms with E-state index in [2.05, 4.69) is 15.4 Å². The lowest BCUT2D eigenvalue weighted by molar-refractivity contribution is 0.160. The second-order valence-corrected chi connectivity index (χ2v) is 6.23. The summed E-state index contributed by atoms with van der Waals surface area (Å²) < 4.78 is 35.7. The molecular weight excluding hydrogens is 270 g/mol. The lowest BCUT2D eigenvalue weighted by Gasteiger charge is -2.16. The van der Waals surface area contributed by atoms with Crippen LogP contribution in [-0.4, -0.2) is 23.0 Å². The number of hydrogen-bond donors (Lipinski definition) is 2. The zero-order valence-corrected chi connectivity index (χ0v) is 11.4. The molecule has 1 unspecified atom stereocenters. The predicted octanol–water partition coefficient (Wildman–Crippen LogP) is 2.39. The van der Waals surface area contributed by atoms with Crippen molar-refractivity contribution in [3.05, 3.63) is 24.3 Å². The molecule has 0 rings (SSSR count). The van der Waals surface area contributed by atoms with Crippen molar-refractivity contribution in [2.75, 3.05) is 13.2 Å². The molecule has 0 aromatic heterocycles. The van der Waals surface area contributed by atoms with Gasteiger partial charge in [-0.3, -0.25) is 9.05 Å². The molecular formula is C8H16O7P2. The molecule has 0 aliphatic carbocycles. The van der Waals surface area contributed by atoms with Gasteiger partial charge in [0.05, 0.1) is 13.2 Å². The van der Waals surface area contributed by atoms with Crippen molar-refractivity contribution in [2.45, 2.75) is 13.8 Å². The molecule has 0 amide bonds. The van der Waals surface area contributed by atoms with Crippen molar-refractivity contribution in [1.29, 1.82) is 0 Å². The molecule has 0 aliphatic heterocycles. The lowest BCUT2D eigenvalue weighted by Crippen LogP contribution is -2.00. The number of rotatable bonds is 8. The summed E-state index contributed by atoms with van der Waals surface area (Å²) >= 11 is 0. The zero-order chi connectivity index (χ0) is 13.5. The first-order valence-corrected chi connectivity index (χ1v) is 7.58. The van der Waals surface area contributed by atoms with E-state index in [1.807, 2.05) is 0 Å². The van der Waals surface area contributed by atoms with Crippen LogP contribution in [0.15, 0.2) is 24.3 Å². The number of phosphoric acid groups is 2. The number of allylic oxidation sites excluding steroid dienone is 1. The Morgan fingerprint density at radius 2 is 1.76 bits per heavy atom. The summed E-state index contributed by atoms with van der Waals surface area (Å²) in [7, 11) is -9.25. The van der Waals surface area contributed by atoms with E-state index < -0.39 is 15.6 Å². The van der Waals surface area contributed by atoms with Gasteiger partial charge in [0.15, 0.2) is 0 Å². The van der Waals surface area contributed by atoms with Gasteiger partial charge >= 0.3 is 15.6 Å². The van der Waals surface area contributed by atoms with E-state index in [0.717, 1.165) is 5.57 Å². The summed E-state index contributed by atoms with van der Waals surface area (Å²) in [6.45, 7) is 6.51. The Morgan fingerprint density at radius 3 is 2.18 bits per heavy atom. The third kappa shape index (κ3) is 9.44. The highest BCUT2D eigenvalue weighted by molar-refractivity contribution is 7.61. The molecule has 0 aromatic carbocycles. The molecule has 0 radical (unpaired) electrons. The largest absolute Gasteiger partial charge is 0.484 e. The predicted molar refractivity (Wildman–Crippen MR) is 62.3 cm³/mol. The molecule has 0 bridgehead atoms. The van der Waals surface area contributed by atoms with Crippen LogP contribution in [0.25, 0.3) is 0 Å². The molecule has 0 heterocycles. The fraction of sp³-hybridized carbons (Fsp3) is 0.500. The van der Waals surface area contributed by atoms with Gasteiger partial charge in [-0.25, -0.2) is 9.13 Å². The molecule has 0 aromatic rings. The van der Waals surface area contributed by atoms with Gasteiger partial charge in [0.2, 0.25) is 0 Å². The average molecular weight is 286 g/mol. The Balaban J connectivity index is 4.61. The van der Waals surface area contributed by atoms with Crippen LogP contribution in [-0.2, 0) is 22.5 Å². The van der Waals surface area contributed by atoms with Crippen LogP contribution in [0.2, 0.25) is 0 Å². The van der Waals surface area contributed by atoms with Gasteiger partial charge in [0, 0.05) is 0 Å². The van der Waals surface area contributed by atoms with Crippen LogP contribution in [0.1, 0.15) is 13.8 Å². The maximum Gasteiger partial charge on any atom is 0.484 e. The van der Waals surface area contributed by atoms with E-state index in [4.69, 9.17) is 14.3 Å². The fourth-order valence-corrected chi connectivity index (χ4v) is 2.69. The van der Waals surface area contributed by atoms with Gasteiger partial charge in [-0.1, -0.05) is 17.7 Å². The van der Waals surface area contributed by atoms with Crippen LogP contribution >= 0.6 is 15.6 Å². The van der Waals surface area contributed by atoms with Gasteiger partial charge in [0.1, 0.15) is 0 Å². The average Bonchev–Trinajstić information content (AvgIpc) is 2.11. The SMILES string of the molecule is C=CCOP(=O)(OCC=C(C)C)OP(=O)(O)O. The van der Waals surface area contributed by atoms with Gasteiger partial charge in [-0.2, -0.15) is 4.31 Å². The summed E-state index contributed by atoms with van der Waals surface area (Å²) in [5.41, 5.74) is 0.886. The van der Waals surface area contributed by atoms with Gasteiger partial charge in [0.25, 0.3) is 0 Å². The van der Waals surface area contributed by atoms with Crippen molar-refractivity contribution in [1.82, 2.24) is 0 Å². The maximum atomic E-state index is 11.7. The summed E-state index contributed by atoms with van der Waals surface area (Å²) in [4.78, 5) is 17.2. The second-order valence-electron chi connectivity index (χ2n) is 3.18. The van der Waals surface area contributed by atoms with Gasteiger partial charge < -0.3 is 9.79 Å². The lowest BCUT2D eigenvalue weighted by atomic mass is 10.3. The fourth-order valence-electron chi connectivity index (χ4n) is 0.654. The molecule has 0 saturated heterocycles. The quantitative estimate of drug-likeness (QED) is 0.521. The molecule has 0 aliphatic rings. The first-order valence-electron chi connectivity index (χ1n) is 4.59.